The first kappa shape index (κ1) is 18.2. The lowest BCUT2D eigenvalue weighted by atomic mass is 9.94. The molecule has 3 fully saturated rings. The van der Waals surface area contributed by atoms with Gasteiger partial charge in [-0.05, 0) is 18.8 Å². The Morgan fingerprint density at radius 1 is 1.19 bits per heavy atom. The predicted octanol–water partition coefficient (Wildman–Crippen LogP) is -0.779. The third-order valence-corrected chi connectivity index (χ3v) is 5.28. The fourth-order valence-corrected chi connectivity index (χ4v) is 3.83. The summed E-state index contributed by atoms with van der Waals surface area (Å²) in [4.78, 5) is 56.4. The van der Waals surface area contributed by atoms with Crippen molar-refractivity contribution in [2.24, 2.45) is 13.0 Å². The summed E-state index contributed by atoms with van der Waals surface area (Å²) in [5.74, 6) is 0.114. The maximum absolute atomic E-state index is 12.8. The molecular weight excluding hydrogens is 338 g/mol. The summed E-state index contributed by atoms with van der Waals surface area (Å²) in [5, 5.41) is 0. The highest BCUT2D eigenvalue weighted by atomic mass is 16.2. The average Bonchev–Trinajstić information content (AvgIpc) is 2.93. The number of carbonyl (C=O) groups is 2. The van der Waals surface area contributed by atoms with E-state index < -0.39 is 11.2 Å². The van der Waals surface area contributed by atoms with E-state index >= 15 is 0 Å². The summed E-state index contributed by atoms with van der Waals surface area (Å²) in [6.45, 7) is 1.77. The molecule has 3 aliphatic rings. The van der Waals surface area contributed by atoms with Gasteiger partial charge in [-0.3, -0.25) is 14.2 Å². The van der Waals surface area contributed by atoms with Crippen molar-refractivity contribution in [2.75, 3.05) is 33.7 Å². The van der Waals surface area contributed by atoms with Crippen LogP contribution in [0.15, 0.2) is 15.8 Å². The Balaban J connectivity index is 1.77. The molecule has 0 saturated carbocycles. The van der Waals surface area contributed by atoms with Crippen LogP contribution in [0, 0.1) is 5.92 Å². The van der Waals surface area contributed by atoms with Crippen molar-refractivity contribution < 1.29 is 9.59 Å². The molecule has 1 aromatic rings. The zero-order chi connectivity index (χ0) is 19.0. The number of hydrogen-bond donors (Lipinski definition) is 1. The van der Waals surface area contributed by atoms with Gasteiger partial charge in [0.1, 0.15) is 0 Å². The van der Waals surface area contributed by atoms with Crippen molar-refractivity contribution in [3.05, 3.63) is 32.6 Å². The molecule has 2 atom stereocenters. The monoisotopic (exact) mass is 363 g/mol. The first-order valence-electron chi connectivity index (χ1n) is 8.81. The molecule has 0 spiro atoms. The number of piperidine rings is 1. The molecule has 0 aromatic carbocycles. The van der Waals surface area contributed by atoms with Gasteiger partial charge < -0.3 is 19.7 Å². The van der Waals surface area contributed by atoms with Gasteiger partial charge >= 0.3 is 11.7 Å². The number of carbonyl (C=O) groups excluding carboxylic acids is 2. The molecule has 0 unspecified atom stereocenters. The fourth-order valence-electron chi connectivity index (χ4n) is 3.83. The third kappa shape index (κ3) is 3.38. The number of hydrogen-bond acceptors (Lipinski definition) is 4. The van der Waals surface area contributed by atoms with Crippen molar-refractivity contribution in [2.45, 2.75) is 25.3 Å². The van der Waals surface area contributed by atoms with Crippen LogP contribution in [0.1, 0.15) is 18.4 Å². The smallest absolute Gasteiger partial charge is 0.328 e. The Hall–Kier alpha value is -2.58. The number of nitrogens with one attached hydrogen (secondary N) is 1. The SMILES string of the molecule is CN(C)C(=O)N1C[C@@H]2CC[C@H](C1)N(C(=O)Cc1c[nH]c(=O)n(C)c1=O)C2. The van der Waals surface area contributed by atoms with Crippen LogP contribution in [0.3, 0.4) is 0 Å². The van der Waals surface area contributed by atoms with E-state index in [1.165, 1.54) is 13.2 Å². The Labute approximate surface area is 151 Å². The number of amides is 3. The second kappa shape index (κ2) is 6.97. The molecule has 2 bridgehead atoms. The molecule has 3 saturated heterocycles. The van der Waals surface area contributed by atoms with Crippen LogP contribution in [0.5, 0.6) is 0 Å². The molecule has 0 radical (unpaired) electrons. The number of aromatic nitrogens is 2. The van der Waals surface area contributed by atoms with Crippen molar-refractivity contribution in [1.29, 1.82) is 0 Å². The molecule has 1 aromatic heterocycles. The van der Waals surface area contributed by atoms with E-state index in [-0.39, 0.29) is 35.9 Å². The number of nitrogens with zero attached hydrogens (tertiary/aromatic N) is 4. The first-order valence-corrected chi connectivity index (χ1v) is 8.81. The molecular formula is C17H25N5O4. The van der Waals surface area contributed by atoms with E-state index in [2.05, 4.69) is 4.98 Å². The number of urea groups is 1. The zero-order valence-electron chi connectivity index (χ0n) is 15.4. The predicted molar refractivity (Wildman–Crippen MR) is 94.9 cm³/mol. The van der Waals surface area contributed by atoms with Crippen molar-refractivity contribution in [3.8, 4) is 0 Å². The van der Waals surface area contributed by atoms with E-state index in [0.29, 0.717) is 19.6 Å². The molecule has 3 amide bonds. The lowest BCUT2D eigenvalue weighted by Gasteiger charge is -2.36. The zero-order valence-corrected chi connectivity index (χ0v) is 15.4. The van der Waals surface area contributed by atoms with Crippen molar-refractivity contribution in [1.82, 2.24) is 24.3 Å². The summed E-state index contributed by atoms with van der Waals surface area (Å²) in [5.41, 5.74) is -0.678. The van der Waals surface area contributed by atoms with E-state index in [0.717, 1.165) is 17.4 Å². The molecule has 26 heavy (non-hydrogen) atoms. The molecule has 142 valence electrons. The molecule has 9 nitrogen and oxygen atoms in total. The first-order chi connectivity index (χ1) is 12.3. The van der Waals surface area contributed by atoms with E-state index in [1.807, 2.05) is 9.80 Å². The minimum atomic E-state index is -0.502. The highest BCUT2D eigenvalue weighted by Crippen LogP contribution is 2.28. The van der Waals surface area contributed by atoms with Gasteiger partial charge in [-0.15, -0.1) is 0 Å². The summed E-state index contributed by atoms with van der Waals surface area (Å²) in [6, 6.07) is -0.0672. The van der Waals surface area contributed by atoms with Crippen LogP contribution >= 0.6 is 0 Å². The summed E-state index contributed by atoms with van der Waals surface area (Å²) in [7, 11) is 4.84. The highest BCUT2D eigenvalue weighted by Gasteiger charge is 2.38. The Kier molecular flexibility index (Phi) is 4.88. The fraction of sp³-hybridized carbons (Fsp3) is 0.647. The number of rotatable bonds is 2. The van der Waals surface area contributed by atoms with Crippen LogP contribution in [0.25, 0.3) is 0 Å². The van der Waals surface area contributed by atoms with Crippen LogP contribution in [-0.2, 0) is 18.3 Å². The summed E-state index contributed by atoms with van der Waals surface area (Å²) < 4.78 is 0.967. The quantitative estimate of drug-likeness (QED) is 0.745. The minimum Gasteiger partial charge on any atom is -0.337 e. The van der Waals surface area contributed by atoms with Crippen LogP contribution in [0.2, 0.25) is 0 Å². The molecule has 0 aliphatic carbocycles. The third-order valence-electron chi connectivity index (χ3n) is 5.28. The second-order valence-electron chi connectivity index (χ2n) is 7.39. The minimum absolute atomic E-state index is 0.0308. The van der Waals surface area contributed by atoms with Crippen LogP contribution in [-0.4, -0.2) is 76.0 Å². The Morgan fingerprint density at radius 3 is 2.62 bits per heavy atom. The largest absolute Gasteiger partial charge is 0.337 e. The van der Waals surface area contributed by atoms with E-state index in [4.69, 9.17) is 0 Å². The standard InChI is InChI=1S/C17H25N5O4/c1-19(2)17(26)21-8-11-4-5-13(10-21)22(9-11)14(23)6-12-7-18-16(25)20(3)15(12)24/h7,11,13H,4-6,8-10H2,1-3H3,(H,18,25)/t11-,13+/m0/s1. The topological polar surface area (TPSA) is 98.7 Å². The molecule has 3 aliphatic heterocycles. The van der Waals surface area contributed by atoms with Gasteiger partial charge in [0.2, 0.25) is 5.91 Å². The number of aromatic amines is 1. The number of fused-ring (bicyclic) bond motifs is 4. The van der Waals surface area contributed by atoms with Gasteiger partial charge in [0.25, 0.3) is 5.56 Å². The van der Waals surface area contributed by atoms with Crippen molar-refractivity contribution >= 4 is 11.9 Å². The summed E-state index contributed by atoms with van der Waals surface area (Å²) >= 11 is 0. The molecule has 4 rings (SSSR count). The van der Waals surface area contributed by atoms with E-state index in [9.17, 15) is 19.2 Å². The number of H-pyrrole nitrogens is 1. The maximum Gasteiger partial charge on any atom is 0.328 e. The van der Waals surface area contributed by atoms with E-state index in [1.54, 1.807) is 19.0 Å². The van der Waals surface area contributed by atoms with Crippen molar-refractivity contribution in [3.63, 3.8) is 0 Å². The Morgan fingerprint density at radius 2 is 1.92 bits per heavy atom. The molecule has 4 heterocycles. The maximum atomic E-state index is 12.8. The normalized spacial score (nSPS) is 22.3. The van der Waals surface area contributed by atoms with Gasteiger partial charge in [-0.2, -0.15) is 0 Å². The van der Waals surface area contributed by atoms with Gasteiger partial charge in [0.05, 0.1) is 6.42 Å². The molecule has 9 heteroatoms. The highest BCUT2D eigenvalue weighted by molar-refractivity contribution is 5.79. The Bertz CT molecular complexity index is 827. The lowest BCUT2D eigenvalue weighted by Crippen LogP contribution is -2.49. The average molecular weight is 363 g/mol. The van der Waals surface area contributed by atoms with Gasteiger partial charge in [-0.25, -0.2) is 9.59 Å². The van der Waals surface area contributed by atoms with Crippen LogP contribution < -0.4 is 11.2 Å². The van der Waals surface area contributed by atoms with Crippen LogP contribution in [0.4, 0.5) is 4.79 Å². The van der Waals surface area contributed by atoms with Gasteiger partial charge in [0.15, 0.2) is 0 Å². The molecule has 1 N–H and O–H groups in total. The summed E-state index contributed by atoms with van der Waals surface area (Å²) in [6.07, 6.45) is 3.12. The lowest BCUT2D eigenvalue weighted by molar-refractivity contribution is -0.134. The second-order valence-corrected chi connectivity index (χ2v) is 7.39. The van der Waals surface area contributed by atoms with Gasteiger partial charge in [0, 0.05) is 58.6 Å². The van der Waals surface area contributed by atoms with Gasteiger partial charge in [-0.1, -0.05) is 0 Å².